The maximum atomic E-state index is 11.6. The second-order valence-electron chi connectivity index (χ2n) is 27.0. The number of aromatic nitrogens is 3. The number of nitrogens with zero attached hydrogens (tertiary/aromatic N) is 8. The predicted octanol–water partition coefficient (Wildman–Crippen LogP) is 18.3. The molecule has 1 aliphatic rings. The molecule has 0 radical (unpaired) electrons. The number of fused-ring (bicyclic) bond motifs is 10. The van der Waals surface area contributed by atoms with E-state index in [1.54, 1.807) is 6.92 Å². The molecule has 0 saturated heterocycles. The molecule has 448 valence electrons. The normalized spacial score (nSPS) is 16.0. The van der Waals surface area contributed by atoms with Gasteiger partial charge in [0.15, 0.2) is 0 Å². The van der Waals surface area contributed by atoms with Crippen molar-refractivity contribution >= 4 is 64.2 Å². The Morgan fingerprint density at radius 1 is 0.455 bits per heavy atom. The third kappa shape index (κ3) is 17.8. The zero-order valence-corrected chi connectivity index (χ0v) is 53.6. The number of carbonyl (C=O) groups is 1. The van der Waals surface area contributed by atoms with E-state index in [4.69, 9.17) is 10.5 Å². The SMILES string of the molecule is C=C(C)C(=O)OCCCCCCCCCCCn1cc(-c2cc3cc(c2)/C(C#N)=C/c2cc(cc(C(C)(C)C)c2)/C(C#N)=C/c2cc(cc(C(C)(C)N)c2)/C(C#N)=C/c2cc(cc(C(C)(C)C)c2)/C(C#N)=C/c2cc(cc(C(C)(C)C)c2)/C(C#N)=C/3)nn1. The first-order valence-corrected chi connectivity index (χ1v) is 30.5. The molecule has 0 atom stereocenters. The summed E-state index contributed by atoms with van der Waals surface area (Å²) in [6.45, 7) is 29.2. The van der Waals surface area contributed by atoms with Crippen LogP contribution in [0.3, 0.4) is 0 Å². The summed E-state index contributed by atoms with van der Waals surface area (Å²) >= 11 is 0. The standard InChI is InChI=1S/C77H83N9O2/c1-51(2)73(87)88-24-22-20-18-16-14-15-17-19-21-23-86-50-72(84-85-86)62-30-52-25-57(40-62)63(45-78)32-53-26-60(43-68(36-53)74(3,4)5)66(48-81)35-56-29-61(44-71(39-56)77(12,13)83)67(49-82)34-55-28-59(42-70(38-55)76(9,10)11)65(47-80)33-54-27-58(64(31-52)46-79)41-69(37-54)75(6,7)8/h25-44,50H,1,14-24,83H2,2-13H3/b63-32+,64-31+,65-33+,66-35+,67-34+. The molecule has 6 aromatic rings. The minimum atomic E-state index is -0.826. The van der Waals surface area contributed by atoms with E-state index < -0.39 is 5.54 Å². The number of benzene rings is 5. The number of hydrogen-bond acceptors (Lipinski definition) is 10. The van der Waals surface area contributed by atoms with Crippen LogP contribution in [0.4, 0.5) is 0 Å². The van der Waals surface area contributed by atoms with Gasteiger partial charge in [-0.05, 0) is 231 Å². The lowest BCUT2D eigenvalue weighted by Crippen LogP contribution is -2.28. The summed E-state index contributed by atoms with van der Waals surface area (Å²) in [6, 6.07) is 42.0. The third-order valence-corrected chi connectivity index (χ3v) is 15.8. The zero-order chi connectivity index (χ0) is 64.1. The Bertz CT molecular complexity index is 3990. The fourth-order valence-electron chi connectivity index (χ4n) is 10.4. The van der Waals surface area contributed by atoms with Gasteiger partial charge in [-0.25, -0.2) is 4.79 Å². The van der Waals surface area contributed by atoms with E-state index >= 15 is 0 Å². The highest BCUT2D eigenvalue weighted by Crippen LogP contribution is 2.37. The van der Waals surface area contributed by atoms with Gasteiger partial charge in [0.2, 0.25) is 0 Å². The topological polar surface area (TPSA) is 202 Å². The molecule has 0 fully saturated rings. The molecule has 0 spiro atoms. The van der Waals surface area contributed by atoms with Crippen molar-refractivity contribution in [2.75, 3.05) is 6.61 Å². The lowest BCUT2D eigenvalue weighted by molar-refractivity contribution is -0.139. The fraction of sp³-hybridized carbons (Fsp3) is 0.351. The van der Waals surface area contributed by atoms with Crippen LogP contribution in [0.5, 0.6) is 0 Å². The van der Waals surface area contributed by atoms with Crippen molar-refractivity contribution < 1.29 is 9.53 Å². The van der Waals surface area contributed by atoms with Crippen molar-refractivity contribution in [3.8, 4) is 41.6 Å². The second kappa shape index (κ2) is 28.4. The first-order chi connectivity index (χ1) is 41.6. The van der Waals surface area contributed by atoms with Crippen molar-refractivity contribution in [3.05, 3.63) is 187 Å². The first-order valence-electron chi connectivity index (χ1n) is 30.5. The quantitative estimate of drug-likeness (QED) is 0.0585. The van der Waals surface area contributed by atoms with Gasteiger partial charge in [-0.2, -0.15) is 26.3 Å². The number of allylic oxidation sites excluding steroid dienone is 5. The molecule has 11 heteroatoms. The number of rotatable bonds is 15. The highest BCUT2D eigenvalue weighted by molar-refractivity contribution is 5.98. The molecule has 7 rings (SSSR count). The summed E-state index contributed by atoms with van der Waals surface area (Å²) in [5.41, 5.74) is 18.8. The van der Waals surface area contributed by atoms with Crippen LogP contribution in [0.25, 0.3) is 69.5 Å². The average molecular weight is 1170 g/mol. The van der Waals surface area contributed by atoms with Crippen LogP contribution < -0.4 is 5.73 Å². The number of nitriles is 5. The van der Waals surface area contributed by atoms with Crippen molar-refractivity contribution in [2.45, 2.75) is 169 Å². The van der Waals surface area contributed by atoms with Gasteiger partial charge in [0, 0.05) is 23.2 Å². The summed E-state index contributed by atoms with van der Waals surface area (Å²) in [5, 5.41) is 64.7. The summed E-state index contributed by atoms with van der Waals surface area (Å²) in [6.07, 6.45) is 20.7. The van der Waals surface area contributed by atoms with Gasteiger partial charge in [0.05, 0.1) is 71.0 Å². The minimum Gasteiger partial charge on any atom is -0.462 e. The maximum absolute atomic E-state index is 11.6. The average Bonchev–Trinajstić information content (AvgIpc) is 2.62. The van der Waals surface area contributed by atoms with Gasteiger partial charge in [0.25, 0.3) is 0 Å². The van der Waals surface area contributed by atoms with E-state index in [0.29, 0.717) is 102 Å². The number of nitrogens with two attached hydrogens (primary N) is 1. The van der Waals surface area contributed by atoms with Gasteiger partial charge in [-0.3, -0.25) is 4.68 Å². The Hall–Kier alpha value is -9.44. The van der Waals surface area contributed by atoms with Crippen molar-refractivity contribution in [3.63, 3.8) is 0 Å². The Morgan fingerprint density at radius 2 is 0.761 bits per heavy atom. The molecule has 5 aromatic carbocycles. The Balaban J connectivity index is 1.39. The third-order valence-electron chi connectivity index (χ3n) is 15.8. The molecule has 0 aliphatic heterocycles. The lowest BCUT2D eigenvalue weighted by atomic mass is 9.82. The summed E-state index contributed by atoms with van der Waals surface area (Å²) in [7, 11) is 0. The van der Waals surface area contributed by atoms with Gasteiger partial charge < -0.3 is 10.5 Å². The van der Waals surface area contributed by atoms with Gasteiger partial charge in [0.1, 0.15) is 5.69 Å². The molecule has 1 aliphatic carbocycles. The molecule has 11 nitrogen and oxygen atoms in total. The molecular formula is C77H83N9O2. The monoisotopic (exact) mass is 1170 g/mol. The Morgan fingerprint density at radius 3 is 1.10 bits per heavy atom. The van der Waals surface area contributed by atoms with E-state index in [2.05, 4.69) is 122 Å². The van der Waals surface area contributed by atoms with Crippen LogP contribution in [-0.4, -0.2) is 27.6 Å². The molecule has 2 N–H and O–H groups in total. The zero-order valence-electron chi connectivity index (χ0n) is 53.6. The van der Waals surface area contributed by atoms with E-state index in [9.17, 15) is 31.1 Å². The molecule has 88 heavy (non-hydrogen) atoms. The van der Waals surface area contributed by atoms with Gasteiger partial charge >= 0.3 is 5.97 Å². The van der Waals surface area contributed by atoms with Gasteiger partial charge in [-0.1, -0.05) is 137 Å². The molecule has 0 saturated carbocycles. The molecule has 0 amide bonds. The summed E-state index contributed by atoms with van der Waals surface area (Å²) < 4.78 is 7.07. The first kappa shape index (κ1) is 66.1. The highest BCUT2D eigenvalue weighted by Gasteiger charge is 2.23. The summed E-state index contributed by atoms with van der Waals surface area (Å²) in [4.78, 5) is 11.6. The predicted molar refractivity (Wildman–Crippen MR) is 359 cm³/mol. The summed E-state index contributed by atoms with van der Waals surface area (Å²) in [5.74, 6) is -0.327. The van der Waals surface area contributed by atoms with Crippen LogP contribution in [0, 0.1) is 56.7 Å². The molecular weight excluding hydrogens is 1080 g/mol. The fourth-order valence-corrected chi connectivity index (χ4v) is 10.4. The molecule has 0 unspecified atom stereocenters. The van der Waals surface area contributed by atoms with Crippen LogP contribution >= 0.6 is 0 Å². The van der Waals surface area contributed by atoms with Crippen LogP contribution in [0.2, 0.25) is 0 Å². The van der Waals surface area contributed by atoms with Crippen molar-refractivity contribution in [1.82, 2.24) is 15.0 Å². The minimum absolute atomic E-state index is 0.327. The number of carbonyl (C=O) groups excluding carboxylic acids is 1. The second-order valence-corrected chi connectivity index (χ2v) is 27.0. The molecule has 1 aromatic heterocycles. The van der Waals surface area contributed by atoms with Crippen molar-refractivity contribution in [2.24, 2.45) is 5.73 Å². The van der Waals surface area contributed by atoms with Gasteiger partial charge in [-0.15, -0.1) is 5.10 Å². The van der Waals surface area contributed by atoms with Crippen LogP contribution in [0.15, 0.2) is 109 Å². The number of aryl methyl sites for hydroxylation is 1. The molecule has 10 bridgehead atoms. The van der Waals surface area contributed by atoms with E-state index in [1.165, 1.54) is 0 Å². The number of esters is 1. The number of hydrogen-bond donors (Lipinski definition) is 1. The van der Waals surface area contributed by atoms with Crippen LogP contribution in [-0.2, 0) is 37.9 Å². The van der Waals surface area contributed by atoms with E-state index in [1.807, 2.05) is 134 Å². The maximum Gasteiger partial charge on any atom is 0.333 e. The van der Waals surface area contributed by atoms with E-state index in [0.717, 1.165) is 91.2 Å². The molecule has 1 heterocycles. The Kier molecular flexibility index (Phi) is 21.3. The number of ether oxygens (including phenoxy) is 1. The Labute approximate surface area is 522 Å². The largest absolute Gasteiger partial charge is 0.462 e. The van der Waals surface area contributed by atoms with Crippen molar-refractivity contribution in [1.29, 1.82) is 26.3 Å². The highest BCUT2D eigenvalue weighted by atomic mass is 16.5. The van der Waals surface area contributed by atoms with E-state index in [-0.39, 0.29) is 22.2 Å². The smallest absolute Gasteiger partial charge is 0.333 e. The van der Waals surface area contributed by atoms with Crippen LogP contribution in [0.1, 0.15) is 219 Å². The number of unbranched alkanes of at least 4 members (excludes halogenated alkanes) is 8. The lowest BCUT2D eigenvalue weighted by Gasteiger charge is -2.22.